The Balaban J connectivity index is 1.23. The molecule has 1 aromatic heterocycles. The predicted octanol–water partition coefficient (Wildman–Crippen LogP) is 5.31. The number of anilines is 1. The van der Waals surface area contributed by atoms with E-state index < -0.39 is 11.7 Å². The number of hydrogen-bond acceptors (Lipinski definition) is 5. The van der Waals surface area contributed by atoms with Crippen LogP contribution in [0.25, 0.3) is 0 Å². The van der Waals surface area contributed by atoms with Crippen molar-refractivity contribution < 1.29 is 17.9 Å². The van der Waals surface area contributed by atoms with Crippen LogP contribution in [0.2, 0.25) is 0 Å². The molecular formula is C25H25F3N4O. The van der Waals surface area contributed by atoms with Crippen LogP contribution in [0, 0.1) is 0 Å². The highest BCUT2D eigenvalue weighted by Crippen LogP contribution is 2.38. The Hall–Kier alpha value is -3.13. The molecule has 0 N–H and O–H groups in total. The Labute approximate surface area is 190 Å². The molecule has 2 aliphatic heterocycles. The van der Waals surface area contributed by atoms with Crippen LogP contribution >= 0.6 is 0 Å². The van der Waals surface area contributed by atoms with Crippen LogP contribution in [0.3, 0.4) is 0 Å². The molecule has 1 fully saturated rings. The minimum absolute atomic E-state index is 0.103. The second kappa shape index (κ2) is 9.02. The molecule has 33 heavy (non-hydrogen) atoms. The van der Waals surface area contributed by atoms with Gasteiger partial charge in [-0.3, -0.25) is 4.90 Å². The first-order valence-electron chi connectivity index (χ1n) is 11.2. The summed E-state index contributed by atoms with van der Waals surface area (Å²) in [5, 5.41) is 0. The van der Waals surface area contributed by atoms with E-state index in [-0.39, 0.29) is 11.6 Å². The zero-order valence-corrected chi connectivity index (χ0v) is 18.1. The van der Waals surface area contributed by atoms with Gasteiger partial charge in [0.25, 0.3) is 0 Å². The summed E-state index contributed by atoms with van der Waals surface area (Å²) in [4.78, 5) is 13.1. The molecule has 0 saturated carbocycles. The maximum atomic E-state index is 13.3. The number of para-hydroxylation sites is 1. The number of nitrogens with zero attached hydrogens (tertiary/aromatic N) is 4. The third kappa shape index (κ3) is 4.80. The first-order valence-corrected chi connectivity index (χ1v) is 11.2. The van der Waals surface area contributed by atoms with Crippen molar-refractivity contribution in [2.75, 3.05) is 24.5 Å². The number of alkyl halides is 3. The van der Waals surface area contributed by atoms with E-state index in [1.165, 1.54) is 35.7 Å². The summed E-state index contributed by atoms with van der Waals surface area (Å²) in [5.41, 5.74) is 2.05. The van der Waals surface area contributed by atoms with Crippen molar-refractivity contribution in [3.05, 3.63) is 77.6 Å². The molecule has 0 amide bonds. The molecule has 0 aliphatic carbocycles. The number of hydrogen-bond donors (Lipinski definition) is 0. The van der Waals surface area contributed by atoms with Gasteiger partial charge < -0.3 is 9.64 Å². The highest BCUT2D eigenvalue weighted by atomic mass is 19.4. The van der Waals surface area contributed by atoms with E-state index in [4.69, 9.17) is 4.74 Å². The highest BCUT2D eigenvalue weighted by Gasteiger charge is 2.34. The zero-order valence-electron chi connectivity index (χ0n) is 18.1. The van der Waals surface area contributed by atoms with Gasteiger partial charge in [-0.05, 0) is 42.5 Å². The van der Waals surface area contributed by atoms with Crippen LogP contribution < -0.4 is 9.64 Å². The minimum atomic E-state index is -4.50. The smallest absolute Gasteiger partial charge is 0.419 e. The van der Waals surface area contributed by atoms with Gasteiger partial charge in [0.15, 0.2) is 0 Å². The normalized spacial score (nSPS) is 17.6. The molecule has 0 atom stereocenters. The van der Waals surface area contributed by atoms with Gasteiger partial charge in [-0.1, -0.05) is 36.4 Å². The minimum Gasteiger partial charge on any atom is -0.438 e. The van der Waals surface area contributed by atoms with Gasteiger partial charge in [-0.2, -0.15) is 13.2 Å². The predicted molar refractivity (Wildman–Crippen MR) is 119 cm³/mol. The van der Waals surface area contributed by atoms with Gasteiger partial charge in [-0.15, -0.1) is 0 Å². The average Bonchev–Trinajstić information content (AvgIpc) is 2.84. The highest BCUT2D eigenvalue weighted by molar-refractivity contribution is 5.44. The standard InChI is InChI=1S/C25H25F3N4O/c26-25(27,28)21-7-3-4-8-22(21)33-24-15-23(29-17-30-24)31-13-10-20(11-14-31)32-12-9-18-5-1-2-6-19(18)16-32/h1-8,15,17,20H,9-14,16H2. The van der Waals surface area contributed by atoms with Crippen LogP contribution in [0.5, 0.6) is 11.6 Å². The van der Waals surface area contributed by atoms with Crippen molar-refractivity contribution in [3.8, 4) is 11.6 Å². The molecule has 8 heteroatoms. The Morgan fingerprint density at radius 2 is 1.61 bits per heavy atom. The zero-order chi connectivity index (χ0) is 22.8. The molecule has 0 bridgehead atoms. The molecular weight excluding hydrogens is 429 g/mol. The molecule has 0 unspecified atom stereocenters. The summed E-state index contributed by atoms with van der Waals surface area (Å²) in [6.45, 7) is 3.73. The fraction of sp³-hybridized carbons (Fsp3) is 0.360. The number of ether oxygens (including phenoxy) is 1. The molecule has 0 spiro atoms. The summed E-state index contributed by atoms with van der Waals surface area (Å²) >= 11 is 0. The second-order valence-corrected chi connectivity index (χ2v) is 8.52. The SMILES string of the molecule is FC(F)(F)c1ccccc1Oc1cc(N2CCC(N3CCc4ccccc4C3)CC2)ncn1. The lowest BCUT2D eigenvalue weighted by atomic mass is 9.95. The summed E-state index contributed by atoms with van der Waals surface area (Å²) in [6, 6.07) is 15.9. The van der Waals surface area contributed by atoms with Crippen LogP contribution in [0.4, 0.5) is 19.0 Å². The topological polar surface area (TPSA) is 41.5 Å². The summed E-state index contributed by atoms with van der Waals surface area (Å²) in [5.74, 6) is 0.511. The fourth-order valence-electron chi connectivity index (χ4n) is 4.75. The molecule has 0 radical (unpaired) electrons. The van der Waals surface area contributed by atoms with Gasteiger partial charge in [-0.25, -0.2) is 9.97 Å². The lowest BCUT2D eigenvalue weighted by Gasteiger charge is -2.41. The van der Waals surface area contributed by atoms with Crippen LogP contribution in [-0.4, -0.2) is 40.5 Å². The van der Waals surface area contributed by atoms with Gasteiger partial charge in [0, 0.05) is 38.3 Å². The van der Waals surface area contributed by atoms with Gasteiger partial charge in [0.05, 0.1) is 5.56 Å². The maximum Gasteiger partial charge on any atom is 0.419 e. The molecule has 2 aromatic carbocycles. The molecule has 1 saturated heterocycles. The van der Waals surface area contributed by atoms with Crippen molar-refractivity contribution >= 4 is 5.82 Å². The van der Waals surface area contributed by atoms with Gasteiger partial charge in [0.1, 0.15) is 17.9 Å². The number of fused-ring (bicyclic) bond motifs is 1. The fourth-order valence-corrected chi connectivity index (χ4v) is 4.75. The van der Waals surface area contributed by atoms with Crippen LogP contribution in [0.15, 0.2) is 60.9 Å². The van der Waals surface area contributed by atoms with Crippen LogP contribution in [0.1, 0.15) is 29.5 Å². The first-order chi connectivity index (χ1) is 16.0. The number of benzene rings is 2. The van der Waals surface area contributed by atoms with E-state index in [9.17, 15) is 13.2 Å². The quantitative estimate of drug-likeness (QED) is 0.534. The third-order valence-electron chi connectivity index (χ3n) is 6.50. The van der Waals surface area contributed by atoms with E-state index in [1.807, 2.05) is 0 Å². The van der Waals surface area contributed by atoms with Crippen molar-refractivity contribution in [1.82, 2.24) is 14.9 Å². The van der Waals surface area contributed by atoms with E-state index in [0.29, 0.717) is 11.9 Å². The van der Waals surface area contributed by atoms with E-state index in [0.717, 1.165) is 51.5 Å². The van der Waals surface area contributed by atoms with Gasteiger partial charge >= 0.3 is 6.18 Å². The van der Waals surface area contributed by atoms with E-state index in [2.05, 4.69) is 44.0 Å². The molecule has 3 aromatic rings. The van der Waals surface area contributed by atoms with Crippen molar-refractivity contribution in [2.45, 2.75) is 38.0 Å². The number of aromatic nitrogens is 2. The van der Waals surface area contributed by atoms with E-state index in [1.54, 1.807) is 6.07 Å². The van der Waals surface area contributed by atoms with Crippen LogP contribution in [-0.2, 0) is 19.1 Å². The Morgan fingerprint density at radius 1 is 0.879 bits per heavy atom. The number of halogens is 3. The first kappa shape index (κ1) is 21.7. The molecule has 5 rings (SSSR count). The number of rotatable bonds is 4. The summed E-state index contributed by atoms with van der Waals surface area (Å²) in [6.07, 6.45) is -0.0429. The number of piperidine rings is 1. The summed E-state index contributed by atoms with van der Waals surface area (Å²) < 4.78 is 45.3. The Morgan fingerprint density at radius 3 is 2.39 bits per heavy atom. The maximum absolute atomic E-state index is 13.3. The molecule has 2 aliphatic rings. The lowest BCUT2D eigenvalue weighted by Crippen LogP contribution is -2.46. The Bertz CT molecular complexity index is 1110. The Kier molecular flexibility index (Phi) is 5.93. The average molecular weight is 454 g/mol. The summed E-state index contributed by atoms with van der Waals surface area (Å²) in [7, 11) is 0. The molecule has 3 heterocycles. The molecule has 5 nitrogen and oxygen atoms in total. The largest absolute Gasteiger partial charge is 0.438 e. The van der Waals surface area contributed by atoms with Crippen molar-refractivity contribution in [3.63, 3.8) is 0 Å². The lowest BCUT2D eigenvalue weighted by molar-refractivity contribution is -0.138. The third-order valence-corrected chi connectivity index (χ3v) is 6.50. The van der Waals surface area contributed by atoms with Crippen molar-refractivity contribution in [2.24, 2.45) is 0 Å². The van der Waals surface area contributed by atoms with E-state index >= 15 is 0 Å². The van der Waals surface area contributed by atoms with Gasteiger partial charge in [0.2, 0.25) is 5.88 Å². The molecule has 172 valence electrons. The monoisotopic (exact) mass is 454 g/mol. The van der Waals surface area contributed by atoms with Crippen molar-refractivity contribution in [1.29, 1.82) is 0 Å². The second-order valence-electron chi connectivity index (χ2n) is 8.52.